The predicted octanol–water partition coefficient (Wildman–Crippen LogP) is 3.74. The molecule has 164 valence electrons. The molecule has 6 heteroatoms. The number of nitrogens with one attached hydrogen (secondary N) is 1. The molecule has 0 radical (unpaired) electrons. The van der Waals surface area contributed by atoms with Crippen LogP contribution in [0, 0.1) is 29.6 Å². The van der Waals surface area contributed by atoms with Gasteiger partial charge in [0.15, 0.2) is 0 Å². The van der Waals surface area contributed by atoms with Crippen LogP contribution in [-0.4, -0.2) is 42.8 Å². The van der Waals surface area contributed by atoms with E-state index in [9.17, 15) is 4.79 Å². The summed E-state index contributed by atoms with van der Waals surface area (Å²) in [6.45, 7) is 6.43. The predicted molar refractivity (Wildman–Crippen MR) is 124 cm³/mol. The number of benzene rings is 2. The van der Waals surface area contributed by atoms with Gasteiger partial charge in [-0.05, 0) is 61.2 Å². The molecule has 2 heterocycles. The Kier molecular flexibility index (Phi) is 6.11. The van der Waals surface area contributed by atoms with E-state index >= 15 is 0 Å². The summed E-state index contributed by atoms with van der Waals surface area (Å²) in [7, 11) is 0. The number of nitriles is 1. The lowest BCUT2D eigenvalue weighted by atomic mass is 9.89. The highest BCUT2D eigenvalue weighted by Crippen LogP contribution is 2.29. The van der Waals surface area contributed by atoms with Crippen molar-refractivity contribution in [2.24, 2.45) is 11.7 Å². The molecule has 2 aliphatic rings. The van der Waals surface area contributed by atoms with E-state index in [1.165, 1.54) is 0 Å². The van der Waals surface area contributed by atoms with Gasteiger partial charge in [-0.1, -0.05) is 18.2 Å². The number of aryl methyl sites for hydroxylation is 1. The Morgan fingerprint density at radius 1 is 1.22 bits per heavy atom. The SMILES string of the molecule is C/C(C(=N)c1cc(C(=O)N2CC(c3ccc(C#N)cc3)C2)ccc1C)=C(/N)C1CCOC1. The van der Waals surface area contributed by atoms with Gasteiger partial charge in [-0.25, -0.2) is 0 Å². The molecule has 0 spiro atoms. The fourth-order valence-electron chi connectivity index (χ4n) is 4.32. The van der Waals surface area contributed by atoms with E-state index in [0.29, 0.717) is 48.8 Å². The first-order valence-corrected chi connectivity index (χ1v) is 10.9. The van der Waals surface area contributed by atoms with Crippen LogP contribution in [0.1, 0.15) is 51.9 Å². The molecular formula is C26H28N4O2. The Balaban J connectivity index is 1.47. The van der Waals surface area contributed by atoms with Gasteiger partial charge in [0.2, 0.25) is 0 Å². The summed E-state index contributed by atoms with van der Waals surface area (Å²) in [4.78, 5) is 14.9. The molecule has 32 heavy (non-hydrogen) atoms. The van der Waals surface area contributed by atoms with Crippen molar-refractivity contribution in [3.8, 4) is 6.07 Å². The molecule has 0 aromatic heterocycles. The molecular weight excluding hydrogens is 400 g/mol. The lowest BCUT2D eigenvalue weighted by molar-refractivity contribution is 0.0602. The number of carbonyl (C=O) groups excluding carboxylic acids is 1. The van der Waals surface area contributed by atoms with Crippen LogP contribution in [-0.2, 0) is 4.74 Å². The molecule has 3 N–H and O–H groups in total. The molecule has 1 unspecified atom stereocenters. The standard InChI is InChI=1S/C26H28N4O2/c1-16-3-6-20(11-23(16)25(29)17(2)24(28)21-9-10-32-15-21)26(31)30-13-22(14-30)19-7-4-18(12-27)5-8-19/h3-8,11,21-22,29H,9-10,13-15,28H2,1-2H3/b24-17-,29-25?. The van der Waals surface area contributed by atoms with Gasteiger partial charge in [0, 0.05) is 48.4 Å². The van der Waals surface area contributed by atoms with Crippen LogP contribution in [0.15, 0.2) is 53.7 Å². The quantitative estimate of drug-likeness (QED) is 0.708. The van der Waals surface area contributed by atoms with Crippen molar-refractivity contribution in [2.45, 2.75) is 26.2 Å². The number of allylic oxidation sites excluding steroid dienone is 1. The number of nitrogens with zero attached hydrogens (tertiary/aromatic N) is 2. The molecule has 0 aliphatic carbocycles. The Morgan fingerprint density at radius 2 is 1.94 bits per heavy atom. The normalized spacial score (nSPS) is 19.2. The fraction of sp³-hybridized carbons (Fsp3) is 0.346. The number of hydrogen-bond acceptors (Lipinski definition) is 5. The highest BCUT2D eigenvalue weighted by atomic mass is 16.5. The Bertz CT molecular complexity index is 1120. The molecule has 2 aromatic rings. The second kappa shape index (κ2) is 8.97. The van der Waals surface area contributed by atoms with Crippen molar-refractivity contribution in [1.82, 2.24) is 4.90 Å². The molecule has 2 aromatic carbocycles. The molecule has 2 aliphatic heterocycles. The summed E-state index contributed by atoms with van der Waals surface area (Å²) >= 11 is 0. The minimum Gasteiger partial charge on any atom is -0.401 e. The minimum atomic E-state index is -0.0252. The summed E-state index contributed by atoms with van der Waals surface area (Å²) in [5.74, 6) is 0.414. The van der Waals surface area contributed by atoms with Gasteiger partial charge in [-0.3, -0.25) is 10.2 Å². The molecule has 1 amide bonds. The van der Waals surface area contributed by atoms with Crippen molar-refractivity contribution >= 4 is 11.6 Å². The number of nitrogens with two attached hydrogens (primary N) is 1. The summed E-state index contributed by atoms with van der Waals surface area (Å²) < 4.78 is 5.44. The highest BCUT2D eigenvalue weighted by Gasteiger charge is 2.32. The molecule has 4 rings (SSSR count). The number of hydrogen-bond donors (Lipinski definition) is 2. The van der Waals surface area contributed by atoms with Gasteiger partial charge >= 0.3 is 0 Å². The zero-order chi connectivity index (χ0) is 22.8. The molecule has 0 bridgehead atoms. The molecule has 1 atom stereocenters. The lowest BCUT2D eigenvalue weighted by Crippen LogP contribution is -2.48. The van der Waals surface area contributed by atoms with E-state index in [1.54, 1.807) is 0 Å². The molecule has 6 nitrogen and oxygen atoms in total. The summed E-state index contributed by atoms with van der Waals surface area (Å²) in [6.07, 6.45) is 0.878. The summed E-state index contributed by atoms with van der Waals surface area (Å²) in [6, 6.07) is 15.2. The molecule has 0 saturated carbocycles. The van der Waals surface area contributed by atoms with Crippen LogP contribution >= 0.6 is 0 Å². The first-order chi connectivity index (χ1) is 15.4. The third-order valence-corrected chi connectivity index (χ3v) is 6.61. The minimum absolute atomic E-state index is 0.0252. The first-order valence-electron chi connectivity index (χ1n) is 10.9. The topological polar surface area (TPSA) is 103 Å². The van der Waals surface area contributed by atoms with E-state index in [-0.39, 0.29) is 17.7 Å². The monoisotopic (exact) mass is 428 g/mol. The van der Waals surface area contributed by atoms with Crippen molar-refractivity contribution < 1.29 is 9.53 Å². The van der Waals surface area contributed by atoms with E-state index in [0.717, 1.165) is 28.7 Å². The zero-order valence-corrected chi connectivity index (χ0v) is 18.5. The van der Waals surface area contributed by atoms with Crippen molar-refractivity contribution in [2.75, 3.05) is 26.3 Å². The van der Waals surface area contributed by atoms with Crippen molar-refractivity contribution in [3.63, 3.8) is 0 Å². The number of carbonyl (C=O) groups is 1. The third kappa shape index (κ3) is 4.17. The Labute approximate surface area is 188 Å². The van der Waals surface area contributed by atoms with E-state index in [4.69, 9.17) is 21.1 Å². The van der Waals surface area contributed by atoms with E-state index in [1.807, 2.05) is 61.2 Å². The number of amides is 1. The summed E-state index contributed by atoms with van der Waals surface area (Å²) in [5.41, 5.74) is 12.2. The largest absolute Gasteiger partial charge is 0.401 e. The smallest absolute Gasteiger partial charge is 0.253 e. The van der Waals surface area contributed by atoms with Crippen LogP contribution < -0.4 is 5.73 Å². The van der Waals surface area contributed by atoms with Gasteiger partial charge in [-0.2, -0.15) is 5.26 Å². The van der Waals surface area contributed by atoms with Gasteiger partial charge in [0.25, 0.3) is 5.91 Å². The maximum Gasteiger partial charge on any atom is 0.253 e. The maximum atomic E-state index is 13.1. The Morgan fingerprint density at radius 3 is 2.56 bits per heavy atom. The van der Waals surface area contributed by atoms with E-state index < -0.39 is 0 Å². The Hall–Kier alpha value is -3.43. The average Bonchev–Trinajstić information content (AvgIpc) is 3.32. The summed E-state index contributed by atoms with van der Waals surface area (Å²) in [5, 5.41) is 17.7. The number of ether oxygens (including phenoxy) is 1. The van der Waals surface area contributed by atoms with Gasteiger partial charge in [0.1, 0.15) is 0 Å². The highest BCUT2D eigenvalue weighted by molar-refractivity contribution is 6.12. The van der Waals surface area contributed by atoms with Crippen molar-refractivity contribution in [1.29, 1.82) is 10.7 Å². The second-order valence-corrected chi connectivity index (χ2v) is 8.69. The van der Waals surface area contributed by atoms with Crippen LogP contribution in [0.3, 0.4) is 0 Å². The van der Waals surface area contributed by atoms with Crippen LogP contribution in [0.25, 0.3) is 0 Å². The lowest BCUT2D eigenvalue weighted by Gasteiger charge is -2.39. The fourth-order valence-corrected chi connectivity index (χ4v) is 4.32. The first kappa shape index (κ1) is 21.8. The van der Waals surface area contributed by atoms with Crippen LogP contribution in [0.4, 0.5) is 0 Å². The third-order valence-electron chi connectivity index (χ3n) is 6.61. The molecule has 2 fully saturated rings. The zero-order valence-electron chi connectivity index (χ0n) is 18.5. The molecule has 2 saturated heterocycles. The van der Waals surface area contributed by atoms with Gasteiger partial charge in [0.05, 0.1) is 24.0 Å². The number of rotatable bonds is 5. The van der Waals surface area contributed by atoms with Crippen LogP contribution in [0.2, 0.25) is 0 Å². The van der Waals surface area contributed by atoms with Gasteiger partial charge < -0.3 is 15.4 Å². The van der Waals surface area contributed by atoms with Crippen molar-refractivity contribution in [3.05, 3.63) is 81.6 Å². The number of likely N-dealkylation sites (tertiary alicyclic amines) is 1. The van der Waals surface area contributed by atoms with Crippen LogP contribution in [0.5, 0.6) is 0 Å². The average molecular weight is 429 g/mol. The van der Waals surface area contributed by atoms with Gasteiger partial charge in [-0.15, -0.1) is 0 Å². The maximum absolute atomic E-state index is 13.1. The second-order valence-electron chi connectivity index (χ2n) is 8.69. The van der Waals surface area contributed by atoms with E-state index in [2.05, 4.69) is 6.07 Å².